The molecule has 0 saturated heterocycles. The van der Waals surface area contributed by atoms with Crippen LogP contribution in [0.15, 0.2) is 24.3 Å². The Balaban J connectivity index is 2.67. The van der Waals surface area contributed by atoms with Crippen molar-refractivity contribution in [1.29, 1.82) is 0 Å². The van der Waals surface area contributed by atoms with Crippen LogP contribution in [0.25, 0.3) is 0 Å². The Hall–Kier alpha value is -1.55. The first-order valence-corrected chi connectivity index (χ1v) is 5.93. The summed E-state index contributed by atoms with van der Waals surface area (Å²) in [6.07, 6.45) is 2.07. The van der Waals surface area contributed by atoms with E-state index in [1.807, 2.05) is 24.3 Å². The molecule has 1 amide bonds. The summed E-state index contributed by atoms with van der Waals surface area (Å²) in [6.45, 7) is 4.41. The normalized spacial score (nSPS) is 11.9. The van der Waals surface area contributed by atoms with Gasteiger partial charge in [-0.2, -0.15) is 0 Å². The third-order valence-corrected chi connectivity index (χ3v) is 2.31. The van der Waals surface area contributed by atoms with Gasteiger partial charge in [-0.1, -0.05) is 25.5 Å². The number of nitrogens with one attached hydrogen (secondary N) is 1. The molecule has 0 aliphatic heterocycles. The van der Waals surface area contributed by atoms with Gasteiger partial charge in [0, 0.05) is 0 Å². The topological polar surface area (TPSA) is 64.3 Å². The first kappa shape index (κ1) is 13.5. The molecular weight excluding hydrogens is 216 g/mol. The summed E-state index contributed by atoms with van der Waals surface area (Å²) in [6, 6.07) is 6.85. The number of rotatable bonds is 6. The molecule has 1 atom stereocenters. The van der Waals surface area contributed by atoms with E-state index in [1.54, 1.807) is 6.92 Å². The summed E-state index contributed by atoms with van der Waals surface area (Å²) < 4.78 is 5.60. The van der Waals surface area contributed by atoms with Crippen LogP contribution in [0, 0.1) is 0 Å². The molecule has 0 heterocycles. The first-order chi connectivity index (χ1) is 8.15. The molecule has 0 aromatic heterocycles. The monoisotopic (exact) mass is 236 g/mol. The minimum Gasteiger partial charge on any atom is -0.491 e. The van der Waals surface area contributed by atoms with Gasteiger partial charge in [0.05, 0.1) is 18.3 Å². The molecule has 4 heteroatoms. The predicted molar refractivity (Wildman–Crippen MR) is 69.1 cm³/mol. The molecule has 0 saturated carbocycles. The maximum absolute atomic E-state index is 11.5. The van der Waals surface area contributed by atoms with E-state index in [0.717, 1.165) is 12.8 Å². The number of nitrogens with two attached hydrogens (primary N) is 1. The van der Waals surface area contributed by atoms with Crippen LogP contribution in [0.1, 0.15) is 26.7 Å². The van der Waals surface area contributed by atoms with Crippen molar-refractivity contribution in [3.05, 3.63) is 24.3 Å². The lowest BCUT2D eigenvalue weighted by atomic mass is 10.2. The third kappa shape index (κ3) is 4.44. The number of anilines is 1. The fourth-order valence-corrected chi connectivity index (χ4v) is 1.27. The van der Waals surface area contributed by atoms with E-state index in [4.69, 9.17) is 10.5 Å². The molecule has 1 aromatic carbocycles. The van der Waals surface area contributed by atoms with Crippen LogP contribution < -0.4 is 15.8 Å². The van der Waals surface area contributed by atoms with E-state index >= 15 is 0 Å². The molecule has 0 aliphatic carbocycles. The van der Waals surface area contributed by atoms with E-state index in [1.165, 1.54) is 0 Å². The lowest BCUT2D eigenvalue weighted by molar-refractivity contribution is -0.117. The standard InChI is InChI=1S/C13H20N2O2/c1-3-4-9-17-12-8-6-5-7-11(12)15-13(16)10(2)14/h5-8,10H,3-4,9,14H2,1-2H3,(H,15,16)/t10-/m0/s1. The van der Waals surface area contributed by atoms with Gasteiger partial charge in [0.15, 0.2) is 0 Å². The highest BCUT2D eigenvalue weighted by Crippen LogP contribution is 2.23. The van der Waals surface area contributed by atoms with Crippen LogP contribution in [-0.2, 0) is 4.79 Å². The van der Waals surface area contributed by atoms with Crippen LogP contribution in [0.2, 0.25) is 0 Å². The second-order valence-electron chi connectivity index (χ2n) is 3.98. The molecule has 1 aromatic rings. The van der Waals surface area contributed by atoms with Crippen molar-refractivity contribution in [2.45, 2.75) is 32.7 Å². The molecular formula is C13H20N2O2. The SMILES string of the molecule is CCCCOc1ccccc1NC(=O)[C@H](C)N. The lowest BCUT2D eigenvalue weighted by Crippen LogP contribution is -2.32. The number of hydrogen-bond acceptors (Lipinski definition) is 3. The number of unbranched alkanes of at least 4 members (excludes halogenated alkanes) is 1. The molecule has 0 radical (unpaired) electrons. The summed E-state index contributed by atoms with van der Waals surface area (Å²) in [5, 5.41) is 2.75. The van der Waals surface area contributed by atoms with Crippen molar-refractivity contribution in [3.63, 3.8) is 0 Å². The van der Waals surface area contributed by atoms with Crippen LogP contribution in [0.3, 0.4) is 0 Å². The highest BCUT2D eigenvalue weighted by Gasteiger charge is 2.10. The minimum absolute atomic E-state index is 0.212. The lowest BCUT2D eigenvalue weighted by Gasteiger charge is -2.13. The Morgan fingerprint density at radius 1 is 1.47 bits per heavy atom. The number of carbonyl (C=O) groups excluding carboxylic acids is 1. The van der Waals surface area contributed by atoms with Gasteiger partial charge in [-0.25, -0.2) is 0 Å². The van der Waals surface area contributed by atoms with Crippen molar-refractivity contribution in [2.24, 2.45) is 5.73 Å². The number of benzene rings is 1. The Morgan fingerprint density at radius 2 is 2.18 bits per heavy atom. The summed E-state index contributed by atoms with van der Waals surface area (Å²) in [5.41, 5.74) is 6.17. The number of carbonyl (C=O) groups is 1. The Bertz CT molecular complexity index is 364. The van der Waals surface area contributed by atoms with Crippen LogP contribution in [0.4, 0.5) is 5.69 Å². The zero-order valence-corrected chi connectivity index (χ0v) is 10.4. The van der Waals surface area contributed by atoms with Crippen molar-refractivity contribution < 1.29 is 9.53 Å². The second kappa shape index (κ2) is 6.91. The highest BCUT2D eigenvalue weighted by atomic mass is 16.5. The number of para-hydroxylation sites is 2. The van der Waals surface area contributed by atoms with Crippen molar-refractivity contribution >= 4 is 11.6 Å². The van der Waals surface area contributed by atoms with Gasteiger partial charge in [0.1, 0.15) is 5.75 Å². The zero-order chi connectivity index (χ0) is 12.7. The van der Waals surface area contributed by atoms with E-state index in [9.17, 15) is 4.79 Å². The largest absolute Gasteiger partial charge is 0.491 e. The Labute approximate surface area is 102 Å². The van der Waals surface area contributed by atoms with Crippen molar-refractivity contribution in [1.82, 2.24) is 0 Å². The zero-order valence-electron chi connectivity index (χ0n) is 10.4. The van der Waals surface area contributed by atoms with E-state index in [2.05, 4.69) is 12.2 Å². The average molecular weight is 236 g/mol. The van der Waals surface area contributed by atoms with Crippen LogP contribution >= 0.6 is 0 Å². The molecule has 0 aliphatic rings. The van der Waals surface area contributed by atoms with E-state index in [0.29, 0.717) is 18.0 Å². The van der Waals surface area contributed by atoms with Gasteiger partial charge in [0.2, 0.25) is 5.91 Å². The van der Waals surface area contributed by atoms with Crippen molar-refractivity contribution in [2.75, 3.05) is 11.9 Å². The fraction of sp³-hybridized carbons (Fsp3) is 0.462. The molecule has 3 N–H and O–H groups in total. The highest BCUT2D eigenvalue weighted by molar-refractivity contribution is 5.95. The number of amides is 1. The Morgan fingerprint density at radius 3 is 2.82 bits per heavy atom. The molecule has 0 bridgehead atoms. The van der Waals surface area contributed by atoms with Gasteiger partial charge < -0.3 is 15.8 Å². The van der Waals surface area contributed by atoms with Gasteiger partial charge in [0.25, 0.3) is 0 Å². The minimum atomic E-state index is -0.529. The maximum atomic E-state index is 11.5. The summed E-state index contributed by atoms with van der Waals surface area (Å²) in [4.78, 5) is 11.5. The Kier molecular flexibility index (Phi) is 5.49. The smallest absolute Gasteiger partial charge is 0.241 e. The quantitative estimate of drug-likeness (QED) is 0.744. The van der Waals surface area contributed by atoms with Gasteiger partial charge in [-0.15, -0.1) is 0 Å². The molecule has 0 unspecified atom stereocenters. The first-order valence-electron chi connectivity index (χ1n) is 5.93. The van der Waals surface area contributed by atoms with Crippen LogP contribution in [0.5, 0.6) is 5.75 Å². The summed E-state index contributed by atoms with van der Waals surface area (Å²) in [5.74, 6) is 0.478. The van der Waals surface area contributed by atoms with Crippen molar-refractivity contribution in [3.8, 4) is 5.75 Å². The maximum Gasteiger partial charge on any atom is 0.241 e. The van der Waals surface area contributed by atoms with Crippen LogP contribution in [-0.4, -0.2) is 18.6 Å². The van der Waals surface area contributed by atoms with E-state index in [-0.39, 0.29) is 5.91 Å². The van der Waals surface area contributed by atoms with Gasteiger partial charge in [-0.05, 0) is 25.5 Å². The molecule has 17 heavy (non-hydrogen) atoms. The predicted octanol–water partition coefficient (Wildman–Crippen LogP) is 2.15. The fourth-order valence-electron chi connectivity index (χ4n) is 1.27. The molecule has 1 rings (SSSR count). The number of hydrogen-bond donors (Lipinski definition) is 2. The van der Waals surface area contributed by atoms with E-state index < -0.39 is 6.04 Å². The average Bonchev–Trinajstić information content (AvgIpc) is 2.31. The second-order valence-corrected chi connectivity index (χ2v) is 3.98. The summed E-state index contributed by atoms with van der Waals surface area (Å²) >= 11 is 0. The van der Waals surface area contributed by atoms with Gasteiger partial charge in [-0.3, -0.25) is 4.79 Å². The summed E-state index contributed by atoms with van der Waals surface area (Å²) in [7, 11) is 0. The third-order valence-electron chi connectivity index (χ3n) is 2.31. The molecule has 94 valence electrons. The molecule has 0 spiro atoms. The van der Waals surface area contributed by atoms with Gasteiger partial charge >= 0.3 is 0 Å². The molecule has 4 nitrogen and oxygen atoms in total. The number of ether oxygens (including phenoxy) is 1. The molecule has 0 fully saturated rings.